The van der Waals surface area contributed by atoms with Crippen LogP contribution in [0.3, 0.4) is 0 Å². The van der Waals surface area contributed by atoms with Crippen molar-refractivity contribution < 1.29 is 9.18 Å². The second-order valence-corrected chi connectivity index (χ2v) is 8.01. The van der Waals surface area contributed by atoms with Crippen LogP contribution in [0.25, 0.3) is 22.2 Å². The number of fused-ring (bicyclic) bond motifs is 1. The molecule has 0 saturated heterocycles. The summed E-state index contributed by atoms with van der Waals surface area (Å²) in [6.07, 6.45) is 2.00. The first-order valence-electron chi connectivity index (χ1n) is 10.2. The number of aryl methyl sites for hydroxylation is 1. The molecule has 0 bridgehead atoms. The molecule has 1 aliphatic carbocycles. The highest BCUT2D eigenvalue weighted by Crippen LogP contribution is 2.42. The van der Waals surface area contributed by atoms with Crippen LogP contribution in [0.4, 0.5) is 4.39 Å². The molecule has 1 unspecified atom stereocenters. The monoisotopic (exact) mass is 399 g/mol. The van der Waals surface area contributed by atoms with Crippen molar-refractivity contribution >= 4 is 16.8 Å². The van der Waals surface area contributed by atoms with Crippen molar-refractivity contribution in [3.8, 4) is 11.3 Å². The number of benzene rings is 3. The Morgan fingerprint density at radius 2 is 1.87 bits per heavy atom. The summed E-state index contributed by atoms with van der Waals surface area (Å²) in [5, 5.41) is 11.4. The van der Waals surface area contributed by atoms with Gasteiger partial charge in [-0.2, -0.15) is 5.10 Å². The Kier molecular flexibility index (Phi) is 4.58. The number of hydrogen-bond acceptors (Lipinski definition) is 2. The number of carbonyl (C=O) groups excluding carboxylic acids is 1. The average Bonchev–Trinajstić information content (AvgIpc) is 3.52. The van der Waals surface area contributed by atoms with Crippen LogP contribution in [0.15, 0.2) is 66.7 Å². The van der Waals surface area contributed by atoms with Crippen LogP contribution in [-0.4, -0.2) is 16.1 Å². The van der Waals surface area contributed by atoms with Gasteiger partial charge in [-0.25, -0.2) is 4.39 Å². The number of halogens is 1. The Hall–Kier alpha value is -3.47. The number of hydrogen-bond donors (Lipinski definition) is 2. The maximum Gasteiger partial charge on any atom is 0.251 e. The number of carbonyl (C=O) groups is 1. The molecule has 1 amide bonds. The lowest BCUT2D eigenvalue weighted by Crippen LogP contribution is -2.30. The van der Waals surface area contributed by atoms with Crippen LogP contribution in [0.2, 0.25) is 0 Å². The normalized spacial score (nSPS) is 14.6. The van der Waals surface area contributed by atoms with Crippen molar-refractivity contribution in [3.05, 3.63) is 89.2 Å². The molecule has 3 aromatic carbocycles. The maximum atomic E-state index is 14.4. The summed E-state index contributed by atoms with van der Waals surface area (Å²) in [5.74, 6) is -0.193. The third-order valence-corrected chi connectivity index (χ3v) is 5.77. The molecule has 1 aromatic heterocycles. The highest BCUT2D eigenvalue weighted by Gasteiger charge is 2.35. The summed E-state index contributed by atoms with van der Waals surface area (Å²) in [4.78, 5) is 13.1. The lowest BCUT2D eigenvalue weighted by Gasteiger charge is -2.19. The highest BCUT2D eigenvalue weighted by atomic mass is 19.1. The smallest absolute Gasteiger partial charge is 0.251 e. The zero-order valence-corrected chi connectivity index (χ0v) is 16.7. The van der Waals surface area contributed by atoms with Crippen LogP contribution < -0.4 is 5.32 Å². The van der Waals surface area contributed by atoms with Crippen molar-refractivity contribution in [1.29, 1.82) is 0 Å². The Labute approximate surface area is 174 Å². The van der Waals surface area contributed by atoms with Crippen LogP contribution in [0, 0.1) is 18.7 Å². The van der Waals surface area contributed by atoms with E-state index in [4.69, 9.17) is 0 Å². The van der Waals surface area contributed by atoms with Crippen molar-refractivity contribution in [2.45, 2.75) is 25.8 Å². The lowest BCUT2D eigenvalue weighted by atomic mass is 10.0. The van der Waals surface area contributed by atoms with Crippen molar-refractivity contribution in [2.24, 2.45) is 5.92 Å². The Morgan fingerprint density at radius 1 is 1.10 bits per heavy atom. The molecule has 4 aromatic rings. The number of aromatic amines is 1. The van der Waals surface area contributed by atoms with E-state index in [0.717, 1.165) is 35.0 Å². The van der Waals surface area contributed by atoms with Gasteiger partial charge in [0.15, 0.2) is 0 Å². The molecular weight excluding hydrogens is 377 g/mol. The van der Waals surface area contributed by atoms with E-state index in [1.807, 2.05) is 49.4 Å². The Morgan fingerprint density at radius 3 is 2.60 bits per heavy atom. The first kappa shape index (κ1) is 18.6. The maximum absolute atomic E-state index is 14.4. The minimum Gasteiger partial charge on any atom is -0.345 e. The van der Waals surface area contributed by atoms with Gasteiger partial charge in [0.05, 0.1) is 17.3 Å². The van der Waals surface area contributed by atoms with Crippen LogP contribution >= 0.6 is 0 Å². The van der Waals surface area contributed by atoms with Gasteiger partial charge in [0.1, 0.15) is 5.82 Å². The van der Waals surface area contributed by atoms with E-state index >= 15 is 0 Å². The minimum absolute atomic E-state index is 0.201. The second kappa shape index (κ2) is 7.41. The van der Waals surface area contributed by atoms with E-state index in [2.05, 4.69) is 15.5 Å². The average molecular weight is 399 g/mol. The molecule has 4 nitrogen and oxygen atoms in total. The zero-order valence-electron chi connectivity index (χ0n) is 16.7. The minimum atomic E-state index is -0.310. The number of aromatic nitrogens is 2. The molecule has 1 aliphatic rings. The molecule has 0 aliphatic heterocycles. The molecule has 1 heterocycles. The van der Waals surface area contributed by atoms with Gasteiger partial charge in [-0.15, -0.1) is 0 Å². The number of amides is 1. The molecule has 1 atom stereocenters. The summed E-state index contributed by atoms with van der Waals surface area (Å²) in [5.41, 5.74) is 4.95. The Bertz CT molecular complexity index is 1220. The quantitative estimate of drug-likeness (QED) is 0.462. The van der Waals surface area contributed by atoms with E-state index < -0.39 is 0 Å². The third kappa shape index (κ3) is 3.47. The number of nitrogens with zero attached hydrogens (tertiary/aromatic N) is 1. The predicted molar refractivity (Wildman–Crippen MR) is 116 cm³/mol. The number of nitrogens with one attached hydrogen (secondary N) is 2. The standard InChI is InChI=1S/C25H22FN3O/c1-15-6-8-17(9-7-15)24-20-14-18(12-13-22(20)28-29-24)25(30)27-23(16-10-11-16)19-4-2-3-5-21(19)26/h2-9,12-14,16,23H,10-11H2,1H3,(H,27,30)(H,28,29). The molecule has 1 fully saturated rings. The van der Waals surface area contributed by atoms with Gasteiger partial charge >= 0.3 is 0 Å². The van der Waals surface area contributed by atoms with E-state index in [9.17, 15) is 9.18 Å². The van der Waals surface area contributed by atoms with Gasteiger partial charge < -0.3 is 5.32 Å². The molecule has 1 saturated carbocycles. The van der Waals surface area contributed by atoms with Gasteiger partial charge in [-0.05, 0) is 49.9 Å². The molecule has 0 spiro atoms. The summed E-state index contributed by atoms with van der Waals surface area (Å²) in [6, 6.07) is 20.0. The molecule has 5 heteroatoms. The summed E-state index contributed by atoms with van der Waals surface area (Å²) in [7, 11) is 0. The van der Waals surface area contributed by atoms with Crippen LogP contribution in [0.5, 0.6) is 0 Å². The summed E-state index contributed by atoms with van der Waals surface area (Å²) < 4.78 is 14.4. The summed E-state index contributed by atoms with van der Waals surface area (Å²) in [6.45, 7) is 2.04. The van der Waals surface area contributed by atoms with E-state index in [-0.39, 0.29) is 23.7 Å². The number of rotatable bonds is 5. The van der Waals surface area contributed by atoms with Crippen LogP contribution in [0.1, 0.15) is 40.4 Å². The van der Waals surface area contributed by atoms with Crippen LogP contribution in [-0.2, 0) is 0 Å². The first-order valence-corrected chi connectivity index (χ1v) is 10.2. The van der Waals surface area contributed by atoms with Gasteiger partial charge in [-0.1, -0.05) is 48.0 Å². The van der Waals surface area contributed by atoms with E-state index in [1.54, 1.807) is 18.2 Å². The number of H-pyrrole nitrogens is 1. The lowest BCUT2D eigenvalue weighted by molar-refractivity contribution is 0.0931. The molecule has 0 radical (unpaired) electrons. The SMILES string of the molecule is Cc1ccc(-c2n[nH]c3ccc(C(=O)NC(c4ccccc4F)C4CC4)cc23)cc1. The predicted octanol–water partition coefficient (Wildman–Crippen LogP) is 5.56. The van der Waals surface area contributed by atoms with Crippen molar-refractivity contribution in [2.75, 3.05) is 0 Å². The van der Waals surface area contributed by atoms with Crippen molar-refractivity contribution in [3.63, 3.8) is 0 Å². The molecule has 5 rings (SSSR count). The van der Waals surface area contributed by atoms with Gasteiger partial charge in [0.25, 0.3) is 5.91 Å². The fraction of sp³-hybridized carbons (Fsp3) is 0.200. The largest absolute Gasteiger partial charge is 0.345 e. The van der Waals surface area contributed by atoms with Gasteiger partial charge in [0.2, 0.25) is 0 Å². The summed E-state index contributed by atoms with van der Waals surface area (Å²) >= 11 is 0. The molecular formula is C25H22FN3O. The topological polar surface area (TPSA) is 57.8 Å². The zero-order chi connectivity index (χ0) is 20.7. The van der Waals surface area contributed by atoms with E-state index in [0.29, 0.717) is 11.1 Å². The molecule has 30 heavy (non-hydrogen) atoms. The highest BCUT2D eigenvalue weighted by molar-refractivity contribution is 6.01. The fourth-order valence-corrected chi connectivity index (χ4v) is 3.92. The first-order chi connectivity index (χ1) is 14.6. The molecule has 2 N–H and O–H groups in total. The van der Waals surface area contributed by atoms with Crippen molar-refractivity contribution in [1.82, 2.24) is 15.5 Å². The van der Waals surface area contributed by atoms with Gasteiger partial charge in [0, 0.05) is 22.1 Å². The van der Waals surface area contributed by atoms with E-state index in [1.165, 1.54) is 11.6 Å². The second-order valence-electron chi connectivity index (χ2n) is 8.01. The molecule has 150 valence electrons. The Balaban J connectivity index is 1.47. The fourth-order valence-electron chi connectivity index (χ4n) is 3.92. The van der Waals surface area contributed by atoms with Gasteiger partial charge in [-0.3, -0.25) is 9.89 Å². The third-order valence-electron chi connectivity index (χ3n) is 5.77.